The van der Waals surface area contributed by atoms with E-state index in [1.165, 1.54) is 19.2 Å². The summed E-state index contributed by atoms with van der Waals surface area (Å²) in [6.45, 7) is 2.27. The predicted octanol–water partition coefficient (Wildman–Crippen LogP) is 5.94. The Hall–Kier alpha value is -3.68. The van der Waals surface area contributed by atoms with Crippen LogP contribution in [-0.2, 0) is 22.6 Å². The van der Waals surface area contributed by atoms with Crippen LogP contribution in [0.5, 0.6) is 11.6 Å². The van der Waals surface area contributed by atoms with Crippen LogP contribution in [0, 0.1) is 12.7 Å². The molecule has 0 N–H and O–H groups in total. The van der Waals surface area contributed by atoms with Crippen LogP contribution in [0.3, 0.4) is 0 Å². The number of halogens is 2. The maximum absolute atomic E-state index is 13.4. The summed E-state index contributed by atoms with van der Waals surface area (Å²) in [5.74, 6) is 0.564. The summed E-state index contributed by atoms with van der Waals surface area (Å²) in [5, 5.41) is 5.28. The van der Waals surface area contributed by atoms with Crippen LogP contribution < -0.4 is 4.74 Å². The van der Waals surface area contributed by atoms with Gasteiger partial charge in [-0.25, -0.2) is 9.07 Å². The zero-order chi connectivity index (χ0) is 24.8. The molecule has 0 saturated heterocycles. The van der Waals surface area contributed by atoms with Gasteiger partial charge in [-0.1, -0.05) is 48.0 Å². The Morgan fingerprint density at radius 3 is 2.46 bits per heavy atom. The number of para-hydroxylation sites is 1. The van der Waals surface area contributed by atoms with E-state index >= 15 is 0 Å². The number of aryl methyl sites for hydroxylation is 1. The molecule has 180 valence electrons. The van der Waals surface area contributed by atoms with E-state index in [0.29, 0.717) is 22.3 Å². The first-order valence-electron chi connectivity index (χ1n) is 11.0. The number of amides is 1. The number of benzene rings is 3. The molecule has 35 heavy (non-hydrogen) atoms. The van der Waals surface area contributed by atoms with E-state index in [4.69, 9.17) is 26.2 Å². The lowest BCUT2D eigenvalue weighted by atomic mass is 10.1. The SMILES string of the molecule is COCC(=O)N(Cc1ccc(F)cc1)Cc1c(C)nn(-c2cccc(Cl)c2)c1Oc1ccccc1. The molecule has 3 aromatic carbocycles. The lowest BCUT2D eigenvalue weighted by Crippen LogP contribution is -2.33. The molecule has 0 bridgehead atoms. The van der Waals surface area contributed by atoms with Crippen LogP contribution in [0.25, 0.3) is 5.69 Å². The summed E-state index contributed by atoms with van der Waals surface area (Å²) in [6, 6.07) is 22.7. The summed E-state index contributed by atoms with van der Waals surface area (Å²) >= 11 is 6.24. The van der Waals surface area contributed by atoms with Crippen molar-refractivity contribution in [1.29, 1.82) is 0 Å². The smallest absolute Gasteiger partial charge is 0.249 e. The molecule has 0 unspecified atom stereocenters. The van der Waals surface area contributed by atoms with Crippen molar-refractivity contribution in [2.45, 2.75) is 20.0 Å². The van der Waals surface area contributed by atoms with Gasteiger partial charge in [-0.05, 0) is 55.0 Å². The first-order chi connectivity index (χ1) is 16.9. The van der Waals surface area contributed by atoms with Crippen molar-refractivity contribution >= 4 is 17.5 Å². The monoisotopic (exact) mass is 493 g/mol. The molecule has 0 aliphatic rings. The lowest BCUT2D eigenvalue weighted by molar-refractivity contribution is -0.136. The number of hydrogen-bond donors (Lipinski definition) is 0. The summed E-state index contributed by atoms with van der Waals surface area (Å²) < 4.78 is 26.5. The number of aromatic nitrogens is 2. The summed E-state index contributed by atoms with van der Waals surface area (Å²) in [6.07, 6.45) is 0. The molecule has 8 heteroatoms. The van der Waals surface area contributed by atoms with Gasteiger partial charge in [-0.15, -0.1) is 0 Å². The minimum atomic E-state index is -0.333. The van der Waals surface area contributed by atoms with Crippen molar-refractivity contribution in [1.82, 2.24) is 14.7 Å². The highest BCUT2D eigenvalue weighted by Crippen LogP contribution is 2.32. The largest absolute Gasteiger partial charge is 0.439 e. The number of methoxy groups -OCH3 is 1. The first kappa shape index (κ1) is 24.4. The van der Waals surface area contributed by atoms with Crippen LogP contribution >= 0.6 is 11.6 Å². The van der Waals surface area contributed by atoms with Gasteiger partial charge in [-0.2, -0.15) is 5.10 Å². The predicted molar refractivity (Wildman–Crippen MR) is 132 cm³/mol. The molecule has 1 heterocycles. The highest BCUT2D eigenvalue weighted by atomic mass is 35.5. The highest BCUT2D eigenvalue weighted by Gasteiger charge is 2.24. The number of carbonyl (C=O) groups is 1. The van der Waals surface area contributed by atoms with Crippen LogP contribution in [-0.4, -0.2) is 34.3 Å². The molecular formula is C27H25ClFN3O3. The Morgan fingerprint density at radius 1 is 1.03 bits per heavy atom. The van der Waals surface area contributed by atoms with Crippen molar-refractivity contribution in [2.75, 3.05) is 13.7 Å². The highest BCUT2D eigenvalue weighted by molar-refractivity contribution is 6.30. The zero-order valence-corrected chi connectivity index (χ0v) is 20.2. The van der Waals surface area contributed by atoms with Crippen LogP contribution in [0.1, 0.15) is 16.8 Å². The van der Waals surface area contributed by atoms with E-state index in [1.54, 1.807) is 33.8 Å². The van der Waals surface area contributed by atoms with E-state index < -0.39 is 0 Å². The van der Waals surface area contributed by atoms with Gasteiger partial charge >= 0.3 is 0 Å². The van der Waals surface area contributed by atoms with Crippen molar-refractivity contribution in [2.24, 2.45) is 0 Å². The van der Waals surface area contributed by atoms with Crippen LogP contribution in [0.4, 0.5) is 4.39 Å². The fraction of sp³-hybridized carbons (Fsp3) is 0.185. The Balaban J connectivity index is 1.75. The third-order valence-electron chi connectivity index (χ3n) is 5.40. The van der Waals surface area contributed by atoms with Gasteiger partial charge in [0.25, 0.3) is 0 Å². The molecule has 0 atom stereocenters. The second-order valence-corrected chi connectivity index (χ2v) is 8.42. The summed E-state index contributed by atoms with van der Waals surface area (Å²) in [4.78, 5) is 14.6. The first-order valence-corrected chi connectivity index (χ1v) is 11.4. The molecule has 0 saturated carbocycles. The van der Waals surface area contributed by atoms with Gasteiger partial charge in [0.1, 0.15) is 18.2 Å². The second-order valence-electron chi connectivity index (χ2n) is 7.99. The minimum absolute atomic E-state index is 0.0858. The quantitative estimate of drug-likeness (QED) is 0.289. The van der Waals surface area contributed by atoms with Crippen LogP contribution in [0.2, 0.25) is 5.02 Å². The maximum atomic E-state index is 13.4. The Morgan fingerprint density at radius 2 is 1.77 bits per heavy atom. The van der Waals surface area contributed by atoms with E-state index in [1.807, 2.05) is 49.4 Å². The number of rotatable bonds is 9. The molecule has 0 radical (unpaired) electrons. The topological polar surface area (TPSA) is 56.6 Å². The zero-order valence-electron chi connectivity index (χ0n) is 19.4. The maximum Gasteiger partial charge on any atom is 0.249 e. The molecule has 1 amide bonds. The molecular weight excluding hydrogens is 469 g/mol. The summed E-state index contributed by atoms with van der Waals surface area (Å²) in [5.41, 5.74) is 2.96. The fourth-order valence-electron chi connectivity index (χ4n) is 3.66. The number of hydrogen-bond acceptors (Lipinski definition) is 4. The standard InChI is InChI=1S/C27H25ClFN3O3/c1-19-25(17-31(26(33)18-34-2)16-20-11-13-22(29)14-12-20)27(35-24-9-4-3-5-10-24)32(30-19)23-8-6-7-21(28)15-23/h3-15H,16-18H2,1-2H3. The average molecular weight is 494 g/mol. The Labute approximate surface area is 208 Å². The van der Waals surface area contributed by atoms with Crippen molar-refractivity contribution in [3.05, 3.63) is 107 Å². The Bertz CT molecular complexity index is 1290. The number of nitrogens with zero attached hydrogens (tertiary/aromatic N) is 3. The van der Waals surface area contributed by atoms with E-state index in [9.17, 15) is 9.18 Å². The van der Waals surface area contributed by atoms with Crippen molar-refractivity contribution in [3.63, 3.8) is 0 Å². The average Bonchev–Trinajstić information content (AvgIpc) is 3.15. The van der Waals surface area contributed by atoms with Crippen molar-refractivity contribution < 1.29 is 18.7 Å². The van der Waals surface area contributed by atoms with Gasteiger partial charge in [0.2, 0.25) is 11.8 Å². The van der Waals surface area contributed by atoms with Gasteiger partial charge in [0.05, 0.1) is 23.5 Å². The van der Waals surface area contributed by atoms with Gasteiger partial charge in [0, 0.05) is 18.7 Å². The van der Waals surface area contributed by atoms with E-state index in [-0.39, 0.29) is 31.4 Å². The number of ether oxygens (including phenoxy) is 2. The van der Waals surface area contributed by atoms with E-state index in [2.05, 4.69) is 0 Å². The molecule has 6 nitrogen and oxygen atoms in total. The molecule has 0 spiro atoms. The molecule has 4 rings (SSSR count). The van der Waals surface area contributed by atoms with E-state index in [0.717, 1.165) is 16.8 Å². The normalized spacial score (nSPS) is 10.9. The molecule has 1 aromatic heterocycles. The summed E-state index contributed by atoms with van der Waals surface area (Å²) in [7, 11) is 1.47. The third-order valence-corrected chi connectivity index (χ3v) is 5.64. The van der Waals surface area contributed by atoms with Gasteiger partial charge in [0.15, 0.2) is 0 Å². The molecule has 0 aliphatic carbocycles. The third kappa shape index (κ3) is 6.07. The molecule has 4 aromatic rings. The lowest BCUT2D eigenvalue weighted by Gasteiger charge is -2.23. The minimum Gasteiger partial charge on any atom is -0.439 e. The van der Waals surface area contributed by atoms with Crippen molar-refractivity contribution in [3.8, 4) is 17.3 Å². The molecule has 0 aliphatic heterocycles. The van der Waals surface area contributed by atoms with Gasteiger partial charge < -0.3 is 14.4 Å². The Kier molecular flexibility index (Phi) is 7.80. The van der Waals surface area contributed by atoms with Gasteiger partial charge in [-0.3, -0.25) is 4.79 Å². The second kappa shape index (κ2) is 11.2. The molecule has 0 fully saturated rings. The van der Waals surface area contributed by atoms with Crippen LogP contribution in [0.15, 0.2) is 78.9 Å². The number of carbonyl (C=O) groups excluding carboxylic acids is 1. The fourth-order valence-corrected chi connectivity index (χ4v) is 3.84.